The Hall–Kier alpha value is -1.21. The van der Waals surface area contributed by atoms with Crippen LogP contribution in [0.2, 0.25) is 0 Å². The first-order chi connectivity index (χ1) is 8.11. The molecule has 7 nitrogen and oxygen atoms in total. The highest BCUT2D eigenvalue weighted by Gasteiger charge is 2.44. The van der Waals surface area contributed by atoms with Crippen LogP contribution in [0.4, 0.5) is 0 Å². The Morgan fingerprint density at radius 1 is 1.59 bits per heavy atom. The summed E-state index contributed by atoms with van der Waals surface area (Å²) in [5.41, 5.74) is 0. The monoisotopic (exact) mass is 246 g/mol. The van der Waals surface area contributed by atoms with Gasteiger partial charge in [0.2, 0.25) is 0 Å². The number of hydrogen-bond donors (Lipinski definition) is 0. The van der Waals surface area contributed by atoms with E-state index in [4.69, 9.17) is 9.57 Å². The number of hydrogen-bond acceptors (Lipinski definition) is 6. The van der Waals surface area contributed by atoms with Gasteiger partial charge in [0.15, 0.2) is 0 Å². The van der Waals surface area contributed by atoms with E-state index in [9.17, 15) is 14.9 Å². The zero-order valence-electron chi connectivity index (χ0n) is 10.1. The molecule has 0 aromatic carbocycles. The minimum absolute atomic E-state index is 0.142. The number of nitro groups is 1. The van der Waals surface area contributed by atoms with Crippen LogP contribution in [0.5, 0.6) is 0 Å². The van der Waals surface area contributed by atoms with E-state index in [1.54, 1.807) is 6.92 Å². The average molecular weight is 246 g/mol. The van der Waals surface area contributed by atoms with Crippen molar-refractivity contribution >= 4 is 5.97 Å². The highest BCUT2D eigenvalue weighted by molar-refractivity contribution is 5.75. The van der Waals surface area contributed by atoms with Crippen LogP contribution < -0.4 is 0 Å². The molecule has 0 N–H and O–H groups in total. The second-order valence-corrected chi connectivity index (χ2v) is 3.87. The van der Waals surface area contributed by atoms with Gasteiger partial charge in [-0.1, -0.05) is 6.42 Å². The molecule has 0 radical (unpaired) electrons. The van der Waals surface area contributed by atoms with Gasteiger partial charge >= 0.3 is 12.0 Å². The molecule has 1 saturated heterocycles. The van der Waals surface area contributed by atoms with Crippen LogP contribution in [-0.2, 0) is 14.4 Å². The van der Waals surface area contributed by atoms with E-state index in [0.29, 0.717) is 13.0 Å². The molecule has 7 heteroatoms. The van der Waals surface area contributed by atoms with Crippen LogP contribution in [0, 0.1) is 10.1 Å². The van der Waals surface area contributed by atoms with Crippen molar-refractivity contribution in [2.24, 2.45) is 0 Å². The normalized spacial score (nSPS) is 23.1. The summed E-state index contributed by atoms with van der Waals surface area (Å²) in [6.45, 7) is 2.37. The van der Waals surface area contributed by atoms with E-state index >= 15 is 0 Å². The first-order valence-corrected chi connectivity index (χ1v) is 5.72. The standard InChI is InChI=1S/C10H18N2O5/c1-3-17-10(13)9(12(14)15)8-6-4-5-7-11(8)16-2/h8-9H,3-7H2,1-2H3. The van der Waals surface area contributed by atoms with E-state index in [2.05, 4.69) is 0 Å². The molecule has 1 aliphatic heterocycles. The molecule has 1 fully saturated rings. The Morgan fingerprint density at radius 2 is 2.29 bits per heavy atom. The van der Waals surface area contributed by atoms with Crippen LogP contribution >= 0.6 is 0 Å². The molecule has 98 valence electrons. The van der Waals surface area contributed by atoms with Crippen molar-refractivity contribution in [3.63, 3.8) is 0 Å². The van der Waals surface area contributed by atoms with Crippen molar-refractivity contribution in [2.45, 2.75) is 38.3 Å². The van der Waals surface area contributed by atoms with Crippen LogP contribution in [-0.4, -0.2) is 48.3 Å². The van der Waals surface area contributed by atoms with Crippen LogP contribution in [0.3, 0.4) is 0 Å². The summed E-state index contributed by atoms with van der Waals surface area (Å²) in [4.78, 5) is 27.1. The highest BCUT2D eigenvalue weighted by Crippen LogP contribution is 2.21. The summed E-state index contributed by atoms with van der Waals surface area (Å²) in [7, 11) is 1.46. The summed E-state index contributed by atoms with van der Waals surface area (Å²) in [5.74, 6) is -0.786. The number of hydroxylamine groups is 2. The molecule has 0 saturated carbocycles. The Balaban J connectivity index is 2.80. The third kappa shape index (κ3) is 3.37. The molecule has 1 heterocycles. The third-order valence-corrected chi connectivity index (χ3v) is 2.85. The van der Waals surface area contributed by atoms with Gasteiger partial charge in [0, 0.05) is 11.5 Å². The number of piperidine rings is 1. The lowest BCUT2D eigenvalue weighted by molar-refractivity contribution is -0.524. The van der Waals surface area contributed by atoms with Crippen molar-refractivity contribution < 1.29 is 19.3 Å². The van der Waals surface area contributed by atoms with Gasteiger partial charge in [-0.2, -0.15) is 5.06 Å². The number of esters is 1. The zero-order valence-corrected chi connectivity index (χ0v) is 10.1. The fourth-order valence-electron chi connectivity index (χ4n) is 2.08. The van der Waals surface area contributed by atoms with Gasteiger partial charge in [0.05, 0.1) is 13.7 Å². The lowest BCUT2D eigenvalue weighted by Gasteiger charge is -2.33. The fourth-order valence-corrected chi connectivity index (χ4v) is 2.08. The minimum atomic E-state index is -1.37. The summed E-state index contributed by atoms with van der Waals surface area (Å²) < 4.78 is 4.75. The molecule has 1 aliphatic rings. The van der Waals surface area contributed by atoms with Gasteiger partial charge in [0.25, 0.3) is 0 Å². The zero-order chi connectivity index (χ0) is 12.8. The summed E-state index contributed by atoms with van der Waals surface area (Å²) in [6.07, 6.45) is 2.34. The van der Waals surface area contributed by atoms with Crippen molar-refractivity contribution in [3.05, 3.63) is 10.1 Å². The largest absolute Gasteiger partial charge is 0.461 e. The van der Waals surface area contributed by atoms with E-state index in [-0.39, 0.29) is 6.61 Å². The first kappa shape index (κ1) is 13.9. The molecule has 2 atom stereocenters. The molecule has 1 rings (SSSR count). The summed E-state index contributed by atoms with van der Waals surface area (Å²) in [5, 5.41) is 12.5. The van der Waals surface area contributed by atoms with Crippen LogP contribution in [0.1, 0.15) is 26.2 Å². The van der Waals surface area contributed by atoms with Crippen molar-refractivity contribution in [1.82, 2.24) is 5.06 Å². The lowest BCUT2D eigenvalue weighted by atomic mass is 9.98. The molecule has 0 aromatic heterocycles. The lowest BCUT2D eigenvalue weighted by Crippen LogP contribution is -2.53. The average Bonchev–Trinajstić information content (AvgIpc) is 2.30. The van der Waals surface area contributed by atoms with Gasteiger partial charge in [-0.15, -0.1) is 0 Å². The Morgan fingerprint density at radius 3 is 2.82 bits per heavy atom. The molecular formula is C10H18N2O5. The number of nitrogens with zero attached hydrogens (tertiary/aromatic N) is 2. The quantitative estimate of drug-likeness (QED) is 0.401. The first-order valence-electron chi connectivity index (χ1n) is 5.72. The number of rotatable bonds is 5. The Labute approximate surface area is 99.8 Å². The molecule has 0 spiro atoms. The van der Waals surface area contributed by atoms with Crippen molar-refractivity contribution in [1.29, 1.82) is 0 Å². The molecule has 17 heavy (non-hydrogen) atoms. The fraction of sp³-hybridized carbons (Fsp3) is 0.900. The molecule has 0 bridgehead atoms. The topological polar surface area (TPSA) is 81.9 Å². The predicted molar refractivity (Wildman–Crippen MR) is 58.8 cm³/mol. The number of ether oxygens (including phenoxy) is 1. The second kappa shape index (κ2) is 6.51. The van der Waals surface area contributed by atoms with Crippen molar-refractivity contribution in [2.75, 3.05) is 20.3 Å². The van der Waals surface area contributed by atoms with Crippen molar-refractivity contribution in [3.8, 4) is 0 Å². The van der Waals surface area contributed by atoms with E-state index in [1.165, 1.54) is 12.2 Å². The summed E-state index contributed by atoms with van der Waals surface area (Å²) >= 11 is 0. The van der Waals surface area contributed by atoms with Crippen LogP contribution in [0.25, 0.3) is 0 Å². The maximum absolute atomic E-state index is 11.6. The van der Waals surface area contributed by atoms with E-state index < -0.39 is 23.0 Å². The van der Waals surface area contributed by atoms with E-state index in [1.807, 2.05) is 0 Å². The smallest absolute Gasteiger partial charge is 0.383 e. The second-order valence-electron chi connectivity index (χ2n) is 3.87. The van der Waals surface area contributed by atoms with Gasteiger partial charge in [-0.25, -0.2) is 4.79 Å². The molecular weight excluding hydrogens is 228 g/mol. The minimum Gasteiger partial charge on any atom is -0.461 e. The number of carbonyl (C=O) groups excluding carboxylic acids is 1. The van der Waals surface area contributed by atoms with Gasteiger partial charge in [-0.05, 0) is 19.8 Å². The summed E-state index contributed by atoms with van der Waals surface area (Å²) in [6, 6.07) is -1.90. The van der Waals surface area contributed by atoms with Gasteiger partial charge < -0.3 is 9.57 Å². The predicted octanol–water partition coefficient (Wildman–Crippen LogP) is 0.611. The Bertz CT molecular complexity index is 284. The Kier molecular flexibility index (Phi) is 5.30. The SMILES string of the molecule is CCOC(=O)C(C1CCCCN1OC)[N+](=O)[O-]. The highest BCUT2D eigenvalue weighted by atomic mass is 16.7. The molecule has 0 amide bonds. The maximum Gasteiger partial charge on any atom is 0.383 e. The maximum atomic E-state index is 11.6. The molecule has 0 aliphatic carbocycles. The van der Waals surface area contributed by atoms with Crippen LogP contribution in [0.15, 0.2) is 0 Å². The van der Waals surface area contributed by atoms with E-state index in [0.717, 1.165) is 12.8 Å². The van der Waals surface area contributed by atoms with Gasteiger partial charge in [-0.3, -0.25) is 10.1 Å². The molecule has 0 aromatic rings. The number of carbonyl (C=O) groups is 1. The third-order valence-electron chi connectivity index (χ3n) is 2.85. The molecule has 2 unspecified atom stereocenters. The van der Waals surface area contributed by atoms with Gasteiger partial charge in [0.1, 0.15) is 6.04 Å².